The second-order valence-corrected chi connectivity index (χ2v) is 3.64. The molecule has 1 rings (SSSR count). The Morgan fingerprint density at radius 1 is 1.33 bits per heavy atom. The zero-order valence-corrected chi connectivity index (χ0v) is 7.10. The Labute approximate surface area is 73.1 Å². The first-order valence-corrected chi connectivity index (χ1v) is 4.46. The van der Waals surface area contributed by atoms with Gasteiger partial charge in [0.1, 0.15) is 12.3 Å². The van der Waals surface area contributed by atoms with Crippen molar-refractivity contribution in [2.45, 2.75) is 36.9 Å². The summed E-state index contributed by atoms with van der Waals surface area (Å²) in [5.74, 6) is 0. The van der Waals surface area contributed by atoms with Crippen molar-refractivity contribution in [2.24, 2.45) is 0 Å². The van der Waals surface area contributed by atoms with E-state index >= 15 is 0 Å². The summed E-state index contributed by atoms with van der Waals surface area (Å²) in [7, 11) is 0. The Bertz CT molecular complexity index is 136. The summed E-state index contributed by atoms with van der Waals surface area (Å²) in [6.45, 7) is 0. The van der Waals surface area contributed by atoms with Crippen LogP contribution in [0.5, 0.6) is 0 Å². The predicted octanol–water partition coefficient (Wildman–Crippen LogP) is 2.28. The van der Waals surface area contributed by atoms with Gasteiger partial charge in [-0.25, -0.2) is 14.0 Å². The third-order valence-corrected chi connectivity index (χ3v) is 2.76. The number of halogens is 2. The maximum absolute atomic E-state index is 12.9. The summed E-state index contributed by atoms with van der Waals surface area (Å²) in [6.07, 6.45) is -1.63. The molecule has 0 heterocycles. The monoisotopic (exact) mass is 200 g/mol. The normalized spacial score (nSPS) is 36.8. The Kier molecular flexibility index (Phi) is 4.20. The Balaban J connectivity index is 2.25. The number of alkyl halides is 2. The highest BCUT2D eigenvalue weighted by Gasteiger charge is 2.31. The molecule has 72 valence electrons. The van der Waals surface area contributed by atoms with E-state index in [1.165, 1.54) is 0 Å². The Morgan fingerprint density at radius 3 is 2.67 bits per heavy atom. The van der Waals surface area contributed by atoms with E-state index in [0.717, 1.165) is 0 Å². The molecule has 0 bridgehead atoms. The first-order chi connectivity index (χ1) is 5.74. The average Bonchev–Trinajstić information content (AvgIpc) is 2.03. The van der Waals surface area contributed by atoms with Crippen molar-refractivity contribution < 1.29 is 23.4 Å². The summed E-state index contributed by atoms with van der Waals surface area (Å²) in [4.78, 5) is 0. The molecule has 0 radical (unpaired) electrons. The van der Waals surface area contributed by atoms with Gasteiger partial charge in [-0.3, -0.25) is 0 Å². The van der Waals surface area contributed by atoms with E-state index in [0.29, 0.717) is 24.9 Å². The third kappa shape index (κ3) is 2.85. The van der Waals surface area contributed by atoms with E-state index in [1.54, 1.807) is 0 Å². The van der Waals surface area contributed by atoms with Crippen molar-refractivity contribution in [1.29, 1.82) is 0 Å². The molecule has 1 fully saturated rings. The topological polar surface area (TPSA) is 38.7 Å². The van der Waals surface area contributed by atoms with Crippen LogP contribution in [0.4, 0.5) is 8.78 Å². The van der Waals surface area contributed by atoms with Crippen molar-refractivity contribution in [3.8, 4) is 0 Å². The lowest BCUT2D eigenvalue weighted by Gasteiger charge is -2.25. The van der Waals surface area contributed by atoms with Crippen molar-refractivity contribution in [3.63, 3.8) is 0 Å². The second kappa shape index (κ2) is 4.96. The minimum atomic E-state index is -1.23. The molecule has 0 amide bonds. The highest BCUT2D eigenvalue weighted by Crippen LogP contribution is 2.32. The summed E-state index contributed by atoms with van der Waals surface area (Å²) in [6, 6.07) is 0. The fraction of sp³-hybridized carbons (Fsp3) is 1.00. The van der Waals surface area contributed by atoms with Gasteiger partial charge in [0.15, 0.2) is 0 Å². The van der Waals surface area contributed by atoms with Crippen LogP contribution in [0.3, 0.4) is 0 Å². The molecule has 1 aliphatic rings. The van der Waals surface area contributed by atoms with E-state index in [2.05, 4.69) is 9.37 Å². The average molecular weight is 200 g/mol. The fourth-order valence-electron chi connectivity index (χ4n) is 1.22. The van der Waals surface area contributed by atoms with Crippen molar-refractivity contribution in [2.75, 3.05) is 0 Å². The molecule has 3 unspecified atom stereocenters. The molecule has 0 aromatic heterocycles. The van der Waals surface area contributed by atoms with Gasteiger partial charge in [-0.15, -0.1) is 4.33 Å². The number of rotatable bonds is 3. The largest absolute Gasteiger partial charge is 0.247 e. The lowest BCUT2D eigenvalue weighted by Crippen LogP contribution is -2.29. The molecule has 0 aromatic carbocycles. The Hall–Kier alpha value is 0.0900. The van der Waals surface area contributed by atoms with Crippen molar-refractivity contribution in [3.05, 3.63) is 0 Å². The van der Waals surface area contributed by atoms with Gasteiger partial charge in [-0.2, -0.15) is 0 Å². The van der Waals surface area contributed by atoms with Gasteiger partial charge < -0.3 is 0 Å². The fourth-order valence-corrected chi connectivity index (χ4v) is 1.82. The molecule has 1 saturated carbocycles. The van der Waals surface area contributed by atoms with E-state index in [9.17, 15) is 8.78 Å². The van der Waals surface area contributed by atoms with Crippen LogP contribution in [0, 0.1) is 0 Å². The Morgan fingerprint density at radius 2 is 2.08 bits per heavy atom. The smallest absolute Gasteiger partial charge is 0.117 e. The van der Waals surface area contributed by atoms with Crippen LogP contribution in [0.25, 0.3) is 0 Å². The zero-order chi connectivity index (χ0) is 8.97. The van der Waals surface area contributed by atoms with Crippen LogP contribution in [-0.2, 0) is 9.37 Å². The number of hydrogen-bond acceptors (Lipinski definition) is 4. The second-order valence-electron chi connectivity index (χ2n) is 2.70. The van der Waals surface area contributed by atoms with Gasteiger partial charge in [0.05, 0.1) is 5.25 Å². The lowest BCUT2D eigenvalue weighted by atomic mass is 9.97. The van der Waals surface area contributed by atoms with Gasteiger partial charge in [0.2, 0.25) is 0 Å². The minimum absolute atomic E-state index is 0.0908. The van der Waals surface area contributed by atoms with Gasteiger partial charge >= 0.3 is 0 Å². The summed E-state index contributed by atoms with van der Waals surface area (Å²) in [5, 5.41) is 10.7. The zero-order valence-electron chi connectivity index (χ0n) is 6.28. The molecule has 1 aliphatic carbocycles. The highest BCUT2D eigenvalue weighted by molar-refractivity contribution is 7.95. The third-order valence-electron chi connectivity index (χ3n) is 1.84. The van der Waals surface area contributed by atoms with Crippen LogP contribution in [0.15, 0.2) is 0 Å². The summed E-state index contributed by atoms with van der Waals surface area (Å²) in [5.41, 5.74) is 0. The molecule has 12 heavy (non-hydrogen) atoms. The van der Waals surface area contributed by atoms with Crippen LogP contribution in [0.2, 0.25) is 0 Å². The maximum atomic E-state index is 12.9. The lowest BCUT2D eigenvalue weighted by molar-refractivity contribution is -0.432. The highest BCUT2D eigenvalue weighted by atomic mass is 32.2. The van der Waals surface area contributed by atoms with E-state index < -0.39 is 17.6 Å². The molecule has 0 saturated heterocycles. The maximum Gasteiger partial charge on any atom is 0.117 e. The predicted molar refractivity (Wildman–Crippen MR) is 39.8 cm³/mol. The van der Waals surface area contributed by atoms with Crippen LogP contribution in [-0.4, -0.2) is 22.9 Å². The van der Waals surface area contributed by atoms with Crippen molar-refractivity contribution >= 4 is 12.0 Å². The van der Waals surface area contributed by atoms with Gasteiger partial charge in [0.25, 0.3) is 0 Å². The molecule has 0 aromatic rings. The van der Waals surface area contributed by atoms with E-state index in [-0.39, 0.29) is 6.42 Å². The molecule has 1 N–H and O–H groups in total. The van der Waals surface area contributed by atoms with Crippen LogP contribution in [0.1, 0.15) is 19.3 Å². The molecule has 0 aliphatic heterocycles. The summed E-state index contributed by atoms with van der Waals surface area (Å²) >= 11 is 0.694. The minimum Gasteiger partial charge on any atom is -0.247 e. The molecule has 6 heteroatoms. The SMILES string of the molecule is OOOSC1CCC(F)CC1F. The van der Waals surface area contributed by atoms with Gasteiger partial charge in [-0.05, 0) is 12.8 Å². The molecule has 3 nitrogen and oxygen atoms in total. The first-order valence-electron chi connectivity index (χ1n) is 3.65. The van der Waals surface area contributed by atoms with Gasteiger partial charge in [-0.1, -0.05) is 5.04 Å². The molecule has 0 spiro atoms. The molecular formula is C6H10F2O3S. The quantitative estimate of drug-likeness (QED) is 0.431. The first kappa shape index (κ1) is 10.2. The van der Waals surface area contributed by atoms with Crippen LogP contribution >= 0.6 is 12.0 Å². The van der Waals surface area contributed by atoms with Gasteiger partial charge in [0, 0.05) is 18.5 Å². The molecular weight excluding hydrogens is 190 g/mol. The van der Waals surface area contributed by atoms with E-state index in [1.807, 2.05) is 0 Å². The van der Waals surface area contributed by atoms with E-state index in [4.69, 9.17) is 5.26 Å². The van der Waals surface area contributed by atoms with Crippen molar-refractivity contribution in [1.82, 2.24) is 0 Å². The molecule has 3 atom stereocenters. The standard InChI is InChI=1S/C6H10F2O3S/c7-4-1-2-6(5(8)3-4)12-11-10-9/h4-6,9H,1-3H2. The summed E-state index contributed by atoms with van der Waals surface area (Å²) < 4.78 is 29.6. The number of hydrogen-bond donors (Lipinski definition) is 1. The van der Waals surface area contributed by atoms with Crippen LogP contribution < -0.4 is 0 Å².